The molecule has 0 radical (unpaired) electrons. The van der Waals surface area contributed by atoms with Crippen LogP contribution in [0, 0.1) is 13.8 Å². The number of hydrogen-bond acceptors (Lipinski definition) is 5. The fourth-order valence-corrected chi connectivity index (χ4v) is 3.91. The van der Waals surface area contributed by atoms with Crippen LogP contribution in [-0.2, 0) is 0 Å². The van der Waals surface area contributed by atoms with E-state index in [9.17, 15) is 4.79 Å². The zero-order valence-electron chi connectivity index (χ0n) is 14.2. The summed E-state index contributed by atoms with van der Waals surface area (Å²) in [5.41, 5.74) is 4.01. The first-order valence-electron chi connectivity index (χ1n) is 8.00. The van der Waals surface area contributed by atoms with Gasteiger partial charge in [-0.05, 0) is 49.2 Å². The second kappa shape index (κ2) is 6.55. The van der Waals surface area contributed by atoms with E-state index in [1.54, 1.807) is 6.20 Å². The summed E-state index contributed by atoms with van der Waals surface area (Å²) in [4.78, 5) is 17.1. The molecule has 130 valence electrons. The predicted molar refractivity (Wildman–Crippen MR) is 107 cm³/mol. The number of hydrogen-bond donors (Lipinski definition) is 1. The van der Waals surface area contributed by atoms with E-state index in [1.165, 1.54) is 16.0 Å². The fraction of sp³-hybridized carbons (Fsp3) is 0.105. The van der Waals surface area contributed by atoms with Crippen LogP contribution >= 0.6 is 22.9 Å². The van der Waals surface area contributed by atoms with Crippen molar-refractivity contribution in [2.24, 2.45) is 0 Å². The Morgan fingerprint density at radius 1 is 1.12 bits per heavy atom. The van der Waals surface area contributed by atoms with Crippen molar-refractivity contribution >= 4 is 44.5 Å². The van der Waals surface area contributed by atoms with E-state index in [1.807, 2.05) is 50.2 Å². The quantitative estimate of drug-likeness (QED) is 0.550. The molecule has 7 heteroatoms. The molecule has 0 saturated carbocycles. The highest BCUT2D eigenvalue weighted by Crippen LogP contribution is 2.26. The van der Waals surface area contributed by atoms with Crippen LogP contribution in [-0.4, -0.2) is 14.8 Å². The molecule has 0 saturated heterocycles. The smallest absolute Gasteiger partial charge is 0.294 e. The molecule has 26 heavy (non-hydrogen) atoms. The highest BCUT2D eigenvalue weighted by atomic mass is 35.5. The third-order valence-corrected chi connectivity index (χ3v) is 5.26. The van der Waals surface area contributed by atoms with Crippen LogP contribution in [0.15, 0.2) is 53.5 Å². The third-order valence-electron chi connectivity index (χ3n) is 3.88. The van der Waals surface area contributed by atoms with Crippen molar-refractivity contribution in [2.75, 3.05) is 5.32 Å². The number of nitrogens with zero attached hydrogens (tertiary/aromatic N) is 3. The van der Waals surface area contributed by atoms with Crippen LogP contribution < -0.4 is 10.9 Å². The molecule has 2 aromatic carbocycles. The van der Waals surface area contributed by atoms with E-state index in [2.05, 4.69) is 21.5 Å². The molecule has 0 aliphatic rings. The second-order valence-corrected chi connectivity index (χ2v) is 7.44. The Morgan fingerprint density at radius 3 is 2.58 bits per heavy atom. The van der Waals surface area contributed by atoms with Crippen molar-refractivity contribution in [1.29, 1.82) is 0 Å². The number of para-hydroxylation sites is 1. The van der Waals surface area contributed by atoms with Crippen molar-refractivity contribution in [2.45, 2.75) is 13.8 Å². The zero-order chi connectivity index (χ0) is 18.3. The molecule has 2 heterocycles. The van der Waals surface area contributed by atoms with Crippen LogP contribution in [0.25, 0.3) is 15.3 Å². The fourth-order valence-electron chi connectivity index (χ4n) is 2.81. The maximum Gasteiger partial charge on any atom is 0.294 e. The number of fused-ring (bicyclic) bond motifs is 1. The third kappa shape index (κ3) is 3.09. The van der Waals surface area contributed by atoms with Gasteiger partial charge in [-0.15, -0.1) is 0 Å². The monoisotopic (exact) mass is 382 g/mol. The van der Waals surface area contributed by atoms with Crippen molar-refractivity contribution in [3.05, 3.63) is 75.2 Å². The normalized spacial score (nSPS) is 11.0. The molecular weight excluding hydrogens is 368 g/mol. The number of nitrogens with one attached hydrogen (secondary N) is 1. The number of halogens is 1. The number of aryl methyl sites for hydroxylation is 2. The van der Waals surface area contributed by atoms with E-state index in [4.69, 9.17) is 11.6 Å². The van der Waals surface area contributed by atoms with Gasteiger partial charge in [-0.25, -0.2) is 4.98 Å². The summed E-state index contributed by atoms with van der Waals surface area (Å²) in [5, 5.41) is 8.00. The van der Waals surface area contributed by atoms with Gasteiger partial charge in [0, 0.05) is 5.69 Å². The summed E-state index contributed by atoms with van der Waals surface area (Å²) in [6.45, 7) is 4.03. The molecule has 4 rings (SSSR count). The van der Waals surface area contributed by atoms with E-state index >= 15 is 0 Å². The summed E-state index contributed by atoms with van der Waals surface area (Å²) in [5.74, 6) is 0. The molecule has 0 atom stereocenters. The Balaban J connectivity index is 1.74. The number of aromatic nitrogens is 3. The largest absolute Gasteiger partial charge is 0.353 e. The van der Waals surface area contributed by atoms with E-state index in [-0.39, 0.29) is 5.02 Å². The van der Waals surface area contributed by atoms with Gasteiger partial charge < -0.3 is 5.32 Å². The van der Waals surface area contributed by atoms with Gasteiger partial charge in [0.25, 0.3) is 5.56 Å². The Kier molecular flexibility index (Phi) is 4.22. The Hall–Kier alpha value is -2.70. The first-order chi connectivity index (χ1) is 12.5. The lowest BCUT2D eigenvalue weighted by molar-refractivity contribution is 0.803. The molecule has 0 fully saturated rings. The summed E-state index contributed by atoms with van der Waals surface area (Å²) in [6, 6.07) is 13.8. The number of rotatable bonds is 3. The maximum absolute atomic E-state index is 12.7. The zero-order valence-corrected chi connectivity index (χ0v) is 15.7. The molecular formula is C19H15ClN4OS. The minimum Gasteiger partial charge on any atom is -0.353 e. The standard InChI is InChI=1S/C19H15ClN4OS/c1-11-7-12(2)9-13(8-11)22-15-10-21-24(18(25)17(15)20)19-23-14-5-3-4-6-16(14)26-19/h3-10,22H,1-2H3. The molecule has 0 bridgehead atoms. The lowest BCUT2D eigenvalue weighted by atomic mass is 10.1. The summed E-state index contributed by atoms with van der Waals surface area (Å²) >= 11 is 7.71. The van der Waals surface area contributed by atoms with Crippen LogP contribution in [0.5, 0.6) is 0 Å². The predicted octanol–water partition coefficient (Wildman–Crippen LogP) is 4.86. The Bertz CT molecular complexity index is 1130. The number of anilines is 2. The van der Waals surface area contributed by atoms with Crippen LogP contribution in [0.3, 0.4) is 0 Å². The molecule has 0 spiro atoms. The molecule has 0 aliphatic carbocycles. The van der Waals surface area contributed by atoms with E-state index in [0.717, 1.165) is 27.0 Å². The summed E-state index contributed by atoms with van der Waals surface area (Å²) in [6.07, 6.45) is 1.55. The van der Waals surface area contributed by atoms with Crippen molar-refractivity contribution in [3.63, 3.8) is 0 Å². The molecule has 2 aromatic heterocycles. The topological polar surface area (TPSA) is 59.8 Å². The minimum absolute atomic E-state index is 0.0819. The highest BCUT2D eigenvalue weighted by molar-refractivity contribution is 7.20. The molecule has 0 unspecified atom stereocenters. The molecule has 5 nitrogen and oxygen atoms in total. The average molecular weight is 383 g/mol. The van der Waals surface area contributed by atoms with Gasteiger partial charge >= 0.3 is 0 Å². The van der Waals surface area contributed by atoms with Gasteiger partial charge in [-0.1, -0.05) is 41.1 Å². The minimum atomic E-state index is -0.403. The summed E-state index contributed by atoms with van der Waals surface area (Å²) < 4.78 is 2.23. The highest BCUT2D eigenvalue weighted by Gasteiger charge is 2.14. The van der Waals surface area contributed by atoms with Crippen LogP contribution in [0.2, 0.25) is 5.02 Å². The first kappa shape index (κ1) is 16.8. The first-order valence-corrected chi connectivity index (χ1v) is 9.20. The van der Waals surface area contributed by atoms with Crippen molar-refractivity contribution in [1.82, 2.24) is 14.8 Å². The van der Waals surface area contributed by atoms with Gasteiger partial charge in [0.15, 0.2) is 0 Å². The Morgan fingerprint density at radius 2 is 1.85 bits per heavy atom. The van der Waals surface area contributed by atoms with E-state index in [0.29, 0.717) is 10.8 Å². The van der Waals surface area contributed by atoms with Crippen LogP contribution in [0.1, 0.15) is 11.1 Å². The van der Waals surface area contributed by atoms with Gasteiger partial charge in [0.2, 0.25) is 5.13 Å². The van der Waals surface area contributed by atoms with Crippen molar-refractivity contribution in [3.8, 4) is 5.13 Å². The molecule has 0 amide bonds. The lowest BCUT2D eigenvalue weighted by Gasteiger charge is -2.10. The van der Waals surface area contributed by atoms with Gasteiger partial charge in [0.1, 0.15) is 5.02 Å². The maximum atomic E-state index is 12.7. The van der Waals surface area contributed by atoms with Gasteiger partial charge in [-0.3, -0.25) is 4.79 Å². The van der Waals surface area contributed by atoms with Crippen molar-refractivity contribution < 1.29 is 0 Å². The lowest BCUT2D eigenvalue weighted by Crippen LogP contribution is -2.22. The molecule has 1 N–H and O–H groups in total. The average Bonchev–Trinajstić information content (AvgIpc) is 3.02. The Labute approximate surface area is 158 Å². The second-order valence-electron chi connectivity index (χ2n) is 6.05. The van der Waals surface area contributed by atoms with E-state index < -0.39 is 5.56 Å². The summed E-state index contributed by atoms with van der Waals surface area (Å²) in [7, 11) is 0. The van der Waals surface area contributed by atoms with Gasteiger partial charge in [-0.2, -0.15) is 9.78 Å². The molecule has 4 aromatic rings. The van der Waals surface area contributed by atoms with Gasteiger partial charge in [0.05, 0.1) is 22.1 Å². The number of thiazole rings is 1. The number of benzene rings is 2. The SMILES string of the molecule is Cc1cc(C)cc(Nc2cnn(-c3nc4ccccc4s3)c(=O)c2Cl)c1. The van der Waals surface area contributed by atoms with Crippen LogP contribution in [0.4, 0.5) is 11.4 Å². The molecule has 0 aliphatic heterocycles.